The first-order valence-electron chi connectivity index (χ1n) is 10.9. The molecule has 0 saturated carbocycles. The summed E-state index contributed by atoms with van der Waals surface area (Å²) < 4.78 is 1.79. The van der Waals surface area contributed by atoms with Gasteiger partial charge in [0, 0.05) is 51.7 Å². The zero-order chi connectivity index (χ0) is 22.5. The van der Waals surface area contributed by atoms with Gasteiger partial charge >= 0.3 is 0 Å². The number of hydrogen-bond donors (Lipinski definition) is 2. The van der Waals surface area contributed by atoms with Gasteiger partial charge in [0.05, 0.1) is 11.3 Å². The van der Waals surface area contributed by atoms with Gasteiger partial charge in [-0.25, -0.2) is 9.97 Å². The van der Waals surface area contributed by atoms with Crippen molar-refractivity contribution in [1.82, 2.24) is 29.9 Å². The lowest BCUT2D eigenvalue weighted by atomic mass is 10.2. The number of pyridine rings is 2. The molecule has 4 heterocycles. The molecule has 0 aliphatic carbocycles. The Morgan fingerprint density at radius 3 is 2.53 bits per heavy atom. The van der Waals surface area contributed by atoms with Crippen molar-refractivity contribution in [2.24, 2.45) is 0 Å². The fourth-order valence-electron chi connectivity index (χ4n) is 3.90. The number of carbonyl (C=O) groups excluding carboxylic acids is 2. The van der Waals surface area contributed by atoms with Crippen LogP contribution in [-0.4, -0.2) is 77.4 Å². The minimum atomic E-state index is -0.169. The molecule has 0 spiro atoms. The summed E-state index contributed by atoms with van der Waals surface area (Å²) in [5.41, 5.74) is 2.56. The molecule has 2 amide bonds. The number of carbonyl (C=O) groups is 2. The van der Waals surface area contributed by atoms with Crippen LogP contribution in [0.15, 0.2) is 42.7 Å². The van der Waals surface area contributed by atoms with E-state index >= 15 is 0 Å². The van der Waals surface area contributed by atoms with E-state index in [9.17, 15) is 9.59 Å². The predicted molar refractivity (Wildman–Crippen MR) is 123 cm³/mol. The van der Waals surface area contributed by atoms with E-state index < -0.39 is 0 Å². The van der Waals surface area contributed by atoms with Gasteiger partial charge in [0.15, 0.2) is 0 Å². The van der Waals surface area contributed by atoms with Crippen LogP contribution in [-0.2, 0) is 0 Å². The highest BCUT2D eigenvalue weighted by Gasteiger charge is 2.21. The van der Waals surface area contributed by atoms with Crippen LogP contribution in [0.25, 0.3) is 5.65 Å². The average molecular weight is 436 g/mol. The summed E-state index contributed by atoms with van der Waals surface area (Å²) in [6.07, 6.45) is 4.18. The second-order valence-corrected chi connectivity index (χ2v) is 8.00. The molecule has 4 rings (SSSR count). The third kappa shape index (κ3) is 4.72. The molecule has 32 heavy (non-hydrogen) atoms. The van der Waals surface area contributed by atoms with Crippen LogP contribution in [0.4, 0.5) is 5.82 Å². The molecule has 1 fully saturated rings. The van der Waals surface area contributed by atoms with Crippen LogP contribution in [0.5, 0.6) is 0 Å². The molecule has 168 valence electrons. The van der Waals surface area contributed by atoms with Gasteiger partial charge in [-0.3, -0.25) is 14.0 Å². The SMILES string of the molecule is Cc1nc2ccccn2c1C(=O)NCCCNC(=O)c1cccnc1N1CCN(C)CC1. The molecule has 0 bridgehead atoms. The first-order chi connectivity index (χ1) is 15.5. The van der Waals surface area contributed by atoms with E-state index in [0.29, 0.717) is 36.5 Å². The van der Waals surface area contributed by atoms with Gasteiger partial charge in [0.2, 0.25) is 0 Å². The van der Waals surface area contributed by atoms with Gasteiger partial charge in [-0.15, -0.1) is 0 Å². The summed E-state index contributed by atoms with van der Waals surface area (Å²) in [4.78, 5) is 38.7. The molecule has 0 aromatic carbocycles. The van der Waals surface area contributed by atoms with E-state index in [0.717, 1.165) is 37.6 Å². The maximum Gasteiger partial charge on any atom is 0.270 e. The lowest BCUT2D eigenvalue weighted by Crippen LogP contribution is -2.45. The van der Waals surface area contributed by atoms with Crippen molar-refractivity contribution in [3.63, 3.8) is 0 Å². The molecule has 3 aromatic rings. The Labute approximate surface area is 187 Å². The zero-order valence-electron chi connectivity index (χ0n) is 18.5. The largest absolute Gasteiger partial charge is 0.353 e. The summed E-state index contributed by atoms with van der Waals surface area (Å²) in [6.45, 7) is 6.34. The fraction of sp³-hybridized carbons (Fsp3) is 0.391. The Bertz CT molecular complexity index is 1100. The Kier molecular flexibility index (Phi) is 6.65. The number of nitrogens with one attached hydrogen (secondary N) is 2. The summed E-state index contributed by atoms with van der Waals surface area (Å²) in [7, 11) is 2.10. The number of fused-ring (bicyclic) bond motifs is 1. The zero-order valence-corrected chi connectivity index (χ0v) is 18.5. The number of imidazole rings is 1. The van der Waals surface area contributed by atoms with Crippen LogP contribution in [0, 0.1) is 6.92 Å². The highest BCUT2D eigenvalue weighted by Crippen LogP contribution is 2.18. The average Bonchev–Trinajstić information content (AvgIpc) is 3.15. The van der Waals surface area contributed by atoms with Crippen LogP contribution >= 0.6 is 0 Å². The van der Waals surface area contributed by atoms with Crippen molar-refractivity contribution >= 4 is 23.3 Å². The number of hydrogen-bond acceptors (Lipinski definition) is 6. The number of aromatic nitrogens is 3. The van der Waals surface area contributed by atoms with Crippen molar-refractivity contribution in [1.29, 1.82) is 0 Å². The van der Waals surface area contributed by atoms with Crippen LogP contribution < -0.4 is 15.5 Å². The number of amides is 2. The van der Waals surface area contributed by atoms with Gasteiger partial charge < -0.3 is 20.4 Å². The molecule has 1 aliphatic rings. The second kappa shape index (κ2) is 9.78. The van der Waals surface area contributed by atoms with Crippen molar-refractivity contribution in [3.05, 3.63) is 59.7 Å². The Morgan fingerprint density at radius 2 is 1.75 bits per heavy atom. The normalized spacial score (nSPS) is 14.5. The maximum absolute atomic E-state index is 12.8. The maximum atomic E-state index is 12.8. The first kappa shape index (κ1) is 21.8. The van der Waals surface area contributed by atoms with Crippen molar-refractivity contribution in [3.8, 4) is 0 Å². The third-order valence-corrected chi connectivity index (χ3v) is 5.68. The molecule has 0 radical (unpaired) electrons. The van der Waals surface area contributed by atoms with Gasteiger partial charge in [0.25, 0.3) is 11.8 Å². The molecule has 3 aromatic heterocycles. The molecule has 9 heteroatoms. The van der Waals surface area contributed by atoms with Crippen LogP contribution in [0.3, 0.4) is 0 Å². The van der Waals surface area contributed by atoms with E-state index in [2.05, 4.69) is 37.4 Å². The minimum absolute atomic E-state index is 0.143. The Hall–Kier alpha value is -3.46. The van der Waals surface area contributed by atoms with Crippen LogP contribution in [0.2, 0.25) is 0 Å². The topological polar surface area (TPSA) is 94.9 Å². The summed E-state index contributed by atoms with van der Waals surface area (Å²) in [5.74, 6) is 0.419. The van der Waals surface area contributed by atoms with Crippen LogP contribution in [0.1, 0.15) is 33.0 Å². The molecular formula is C23H29N7O2. The predicted octanol–water partition coefficient (Wildman–Crippen LogP) is 1.34. The van der Waals surface area contributed by atoms with Crippen molar-refractivity contribution in [2.75, 3.05) is 51.2 Å². The molecule has 0 atom stereocenters. The van der Waals surface area contributed by atoms with Gasteiger partial charge in [0.1, 0.15) is 17.2 Å². The van der Waals surface area contributed by atoms with Gasteiger partial charge in [-0.2, -0.15) is 0 Å². The van der Waals surface area contributed by atoms with E-state index in [-0.39, 0.29) is 11.8 Å². The summed E-state index contributed by atoms with van der Waals surface area (Å²) in [6, 6.07) is 9.23. The lowest BCUT2D eigenvalue weighted by Gasteiger charge is -2.34. The van der Waals surface area contributed by atoms with Crippen molar-refractivity contribution < 1.29 is 9.59 Å². The smallest absolute Gasteiger partial charge is 0.270 e. The minimum Gasteiger partial charge on any atom is -0.353 e. The highest BCUT2D eigenvalue weighted by atomic mass is 16.2. The van der Waals surface area contributed by atoms with E-state index in [1.807, 2.05) is 37.4 Å². The number of piperazine rings is 1. The Morgan fingerprint density at radius 1 is 1.00 bits per heavy atom. The van der Waals surface area contributed by atoms with Gasteiger partial charge in [-0.1, -0.05) is 6.07 Å². The standard InChI is InChI=1S/C23H29N7O2/c1-17-20(30-12-4-3-8-19(30)27-17)23(32)26-11-6-10-25-22(31)18-7-5-9-24-21(18)29-15-13-28(2)14-16-29/h3-5,7-9,12H,6,10-11,13-16H2,1-2H3,(H,25,31)(H,26,32). The number of anilines is 1. The number of likely N-dealkylation sites (N-methyl/N-ethyl adjacent to an activating group) is 1. The monoisotopic (exact) mass is 435 g/mol. The first-order valence-corrected chi connectivity index (χ1v) is 10.9. The molecular weight excluding hydrogens is 406 g/mol. The quantitative estimate of drug-likeness (QED) is 0.544. The molecule has 1 saturated heterocycles. The molecule has 2 N–H and O–H groups in total. The third-order valence-electron chi connectivity index (χ3n) is 5.68. The number of aryl methyl sites for hydroxylation is 1. The fourth-order valence-corrected chi connectivity index (χ4v) is 3.90. The number of rotatable bonds is 7. The van der Waals surface area contributed by atoms with Gasteiger partial charge in [-0.05, 0) is 44.7 Å². The van der Waals surface area contributed by atoms with Crippen molar-refractivity contribution in [2.45, 2.75) is 13.3 Å². The summed E-state index contributed by atoms with van der Waals surface area (Å²) >= 11 is 0. The molecule has 9 nitrogen and oxygen atoms in total. The molecule has 0 unspecified atom stereocenters. The molecule has 1 aliphatic heterocycles. The number of nitrogens with zero attached hydrogens (tertiary/aromatic N) is 5. The lowest BCUT2D eigenvalue weighted by molar-refractivity contribution is 0.0946. The summed E-state index contributed by atoms with van der Waals surface area (Å²) in [5, 5.41) is 5.87. The van der Waals surface area contributed by atoms with E-state index in [1.165, 1.54) is 0 Å². The highest BCUT2D eigenvalue weighted by molar-refractivity contribution is 5.99. The Balaban J connectivity index is 1.28. The second-order valence-electron chi connectivity index (χ2n) is 8.00. The van der Waals surface area contributed by atoms with E-state index in [1.54, 1.807) is 16.7 Å². The van der Waals surface area contributed by atoms with E-state index in [4.69, 9.17) is 0 Å².